The van der Waals surface area contributed by atoms with Gasteiger partial charge < -0.3 is 4.57 Å². The molecule has 0 fully saturated rings. The van der Waals surface area contributed by atoms with Gasteiger partial charge in [0.1, 0.15) is 0 Å². The molecular formula is C9H12N6O2. The lowest BCUT2D eigenvalue weighted by atomic mass is 10.3. The van der Waals surface area contributed by atoms with Crippen molar-refractivity contribution < 1.29 is 0 Å². The third-order valence-corrected chi connectivity index (χ3v) is 2.89. The van der Waals surface area contributed by atoms with Crippen molar-refractivity contribution in [3.8, 4) is 0 Å². The average Bonchev–Trinajstić information content (AvgIpc) is 2.65. The lowest BCUT2D eigenvalue weighted by Crippen LogP contribution is -2.41. The van der Waals surface area contributed by atoms with Crippen LogP contribution < -0.4 is 22.1 Å². The zero-order valence-corrected chi connectivity index (χ0v) is 9.44. The van der Waals surface area contributed by atoms with Crippen LogP contribution in [-0.2, 0) is 13.6 Å². The summed E-state index contributed by atoms with van der Waals surface area (Å²) >= 11 is 0. The van der Waals surface area contributed by atoms with Gasteiger partial charge in [0.25, 0.3) is 5.56 Å². The lowest BCUT2D eigenvalue weighted by molar-refractivity contribution is 0.483. The number of hydrazine groups is 1. The summed E-state index contributed by atoms with van der Waals surface area (Å²) in [5, 5.41) is 0. The molecule has 1 atom stereocenters. The molecule has 0 saturated carbocycles. The molecule has 3 heterocycles. The molecule has 8 heteroatoms. The number of aryl methyl sites for hydroxylation is 1. The SMILES string of the molecule is C[C@H]1Cn2c(nc3c2c(=O)[nH]c(=O)n3C)NN1. The number of aromatic nitrogens is 4. The number of imidazole rings is 1. The summed E-state index contributed by atoms with van der Waals surface area (Å²) in [4.78, 5) is 29.8. The van der Waals surface area contributed by atoms with Gasteiger partial charge in [-0.2, -0.15) is 4.98 Å². The fourth-order valence-corrected chi connectivity index (χ4v) is 2.02. The van der Waals surface area contributed by atoms with Crippen molar-refractivity contribution >= 4 is 17.1 Å². The van der Waals surface area contributed by atoms with Crippen LogP contribution >= 0.6 is 0 Å². The molecule has 1 aliphatic heterocycles. The summed E-state index contributed by atoms with van der Waals surface area (Å²) in [6, 6.07) is 0.177. The van der Waals surface area contributed by atoms with Crippen LogP contribution in [0, 0.1) is 0 Å². The molecule has 3 rings (SSSR count). The lowest BCUT2D eigenvalue weighted by Gasteiger charge is -2.22. The largest absolute Gasteiger partial charge is 0.329 e. The van der Waals surface area contributed by atoms with Crippen molar-refractivity contribution in [2.24, 2.45) is 7.05 Å². The number of hydrogen-bond donors (Lipinski definition) is 3. The number of aromatic amines is 1. The molecule has 0 aliphatic carbocycles. The summed E-state index contributed by atoms with van der Waals surface area (Å²) in [7, 11) is 1.58. The smallest absolute Gasteiger partial charge is 0.302 e. The van der Waals surface area contributed by atoms with Crippen molar-refractivity contribution in [1.82, 2.24) is 24.5 Å². The molecule has 0 saturated heterocycles. The Morgan fingerprint density at radius 3 is 2.94 bits per heavy atom. The second-order valence-corrected chi connectivity index (χ2v) is 4.21. The highest BCUT2D eigenvalue weighted by Gasteiger charge is 2.21. The predicted molar refractivity (Wildman–Crippen MR) is 61.8 cm³/mol. The molecule has 2 aromatic heterocycles. The Kier molecular flexibility index (Phi) is 1.90. The van der Waals surface area contributed by atoms with Gasteiger partial charge >= 0.3 is 5.69 Å². The normalized spacial score (nSPS) is 19.1. The highest BCUT2D eigenvalue weighted by molar-refractivity contribution is 5.74. The number of nitrogens with zero attached hydrogens (tertiary/aromatic N) is 3. The minimum absolute atomic E-state index is 0.177. The van der Waals surface area contributed by atoms with Gasteiger partial charge in [-0.25, -0.2) is 10.2 Å². The van der Waals surface area contributed by atoms with Gasteiger partial charge in [0, 0.05) is 19.6 Å². The molecule has 0 bridgehead atoms. The fourth-order valence-electron chi connectivity index (χ4n) is 2.02. The van der Waals surface area contributed by atoms with Crippen molar-refractivity contribution in [3.63, 3.8) is 0 Å². The highest BCUT2D eigenvalue weighted by Crippen LogP contribution is 2.17. The Bertz CT molecular complexity index is 709. The zero-order chi connectivity index (χ0) is 12.2. The van der Waals surface area contributed by atoms with Crippen LogP contribution in [0.25, 0.3) is 11.2 Å². The van der Waals surface area contributed by atoms with Crippen molar-refractivity contribution in [3.05, 3.63) is 20.8 Å². The topological polar surface area (TPSA) is 96.7 Å². The van der Waals surface area contributed by atoms with E-state index < -0.39 is 11.2 Å². The van der Waals surface area contributed by atoms with Crippen LogP contribution in [0.4, 0.5) is 5.95 Å². The highest BCUT2D eigenvalue weighted by atomic mass is 16.2. The third kappa shape index (κ3) is 1.30. The molecule has 17 heavy (non-hydrogen) atoms. The van der Waals surface area contributed by atoms with Gasteiger partial charge in [0.2, 0.25) is 5.95 Å². The monoisotopic (exact) mass is 236 g/mol. The Morgan fingerprint density at radius 1 is 1.41 bits per heavy atom. The Labute approximate surface area is 95.2 Å². The number of anilines is 1. The van der Waals surface area contributed by atoms with Crippen molar-refractivity contribution in [1.29, 1.82) is 0 Å². The second kappa shape index (κ2) is 3.20. The van der Waals surface area contributed by atoms with E-state index in [-0.39, 0.29) is 6.04 Å². The van der Waals surface area contributed by atoms with Gasteiger partial charge in [-0.3, -0.25) is 19.8 Å². The molecule has 1 aliphatic rings. The maximum Gasteiger partial charge on any atom is 0.329 e. The summed E-state index contributed by atoms with van der Waals surface area (Å²) in [6.45, 7) is 2.61. The molecular weight excluding hydrogens is 224 g/mol. The summed E-state index contributed by atoms with van der Waals surface area (Å²) in [6.07, 6.45) is 0. The summed E-state index contributed by atoms with van der Waals surface area (Å²) < 4.78 is 3.10. The summed E-state index contributed by atoms with van der Waals surface area (Å²) in [5.41, 5.74) is 5.87. The van der Waals surface area contributed by atoms with E-state index in [1.807, 2.05) is 6.92 Å². The average molecular weight is 236 g/mol. The molecule has 0 amide bonds. The van der Waals surface area contributed by atoms with Crippen LogP contribution in [0.3, 0.4) is 0 Å². The van der Waals surface area contributed by atoms with E-state index in [0.29, 0.717) is 23.7 Å². The fraction of sp³-hybridized carbons (Fsp3) is 0.444. The maximum absolute atomic E-state index is 11.8. The Morgan fingerprint density at radius 2 is 2.18 bits per heavy atom. The van der Waals surface area contributed by atoms with Gasteiger partial charge in [-0.1, -0.05) is 0 Å². The van der Waals surface area contributed by atoms with Crippen LogP contribution in [0.1, 0.15) is 6.92 Å². The van der Waals surface area contributed by atoms with E-state index in [0.717, 1.165) is 0 Å². The first-order valence-corrected chi connectivity index (χ1v) is 5.29. The first kappa shape index (κ1) is 10.1. The summed E-state index contributed by atoms with van der Waals surface area (Å²) in [5.74, 6) is 0.546. The maximum atomic E-state index is 11.8. The van der Waals surface area contributed by atoms with Crippen LogP contribution in [-0.4, -0.2) is 25.1 Å². The third-order valence-electron chi connectivity index (χ3n) is 2.89. The van der Waals surface area contributed by atoms with Gasteiger partial charge in [-0.05, 0) is 6.92 Å². The molecule has 0 unspecified atom stereocenters. The van der Waals surface area contributed by atoms with Crippen molar-refractivity contribution in [2.45, 2.75) is 19.5 Å². The predicted octanol–water partition coefficient (Wildman–Crippen LogP) is -1.26. The van der Waals surface area contributed by atoms with E-state index in [1.54, 1.807) is 11.6 Å². The van der Waals surface area contributed by atoms with Crippen molar-refractivity contribution in [2.75, 3.05) is 5.43 Å². The van der Waals surface area contributed by atoms with Gasteiger partial charge in [0.05, 0.1) is 0 Å². The number of rotatable bonds is 0. The van der Waals surface area contributed by atoms with Crippen LogP contribution in [0.2, 0.25) is 0 Å². The van der Waals surface area contributed by atoms with E-state index >= 15 is 0 Å². The number of nitrogens with one attached hydrogen (secondary N) is 3. The van der Waals surface area contributed by atoms with E-state index in [9.17, 15) is 9.59 Å². The first-order chi connectivity index (χ1) is 8.08. The molecule has 0 radical (unpaired) electrons. The van der Waals surface area contributed by atoms with Crippen LogP contribution in [0.5, 0.6) is 0 Å². The minimum Gasteiger partial charge on any atom is -0.302 e. The van der Waals surface area contributed by atoms with E-state index in [1.165, 1.54) is 4.57 Å². The molecule has 3 N–H and O–H groups in total. The molecule has 0 spiro atoms. The Balaban J connectivity index is 2.44. The van der Waals surface area contributed by atoms with Crippen LogP contribution in [0.15, 0.2) is 9.59 Å². The number of H-pyrrole nitrogens is 1. The second-order valence-electron chi connectivity index (χ2n) is 4.21. The molecule has 0 aromatic carbocycles. The number of fused-ring (bicyclic) bond motifs is 3. The van der Waals surface area contributed by atoms with E-state index in [4.69, 9.17) is 0 Å². The standard InChI is InChI=1S/C9H12N6O2/c1-4-3-15-5-6(10-8(15)13-12-4)14(2)9(17)11-7(5)16/h4,12H,3H2,1-2H3,(H,10,13)(H,11,16,17)/t4-/m0/s1. The zero-order valence-electron chi connectivity index (χ0n) is 9.44. The first-order valence-electron chi connectivity index (χ1n) is 5.29. The van der Waals surface area contributed by atoms with Gasteiger partial charge in [0.15, 0.2) is 11.2 Å². The minimum atomic E-state index is -0.459. The van der Waals surface area contributed by atoms with E-state index in [2.05, 4.69) is 20.8 Å². The molecule has 8 nitrogen and oxygen atoms in total. The van der Waals surface area contributed by atoms with Gasteiger partial charge in [-0.15, -0.1) is 0 Å². The number of hydrogen-bond acceptors (Lipinski definition) is 5. The molecule has 90 valence electrons. The quantitative estimate of drug-likeness (QED) is 0.530. The Hall–Kier alpha value is -2.09. The molecule has 2 aromatic rings.